The second kappa shape index (κ2) is 12.9. The molecule has 1 N–H and O–H groups in total. The lowest BCUT2D eigenvalue weighted by Gasteiger charge is -2.39. The summed E-state index contributed by atoms with van der Waals surface area (Å²) in [6.07, 6.45) is 8.20. The minimum Gasteiger partial charge on any atom is -0.337 e. The van der Waals surface area contributed by atoms with Crippen LogP contribution < -0.4 is 5.32 Å². The number of fused-ring (bicyclic) bond motifs is 4. The summed E-state index contributed by atoms with van der Waals surface area (Å²) >= 11 is 13.2. The molecule has 1 amide bonds. The van der Waals surface area contributed by atoms with Crippen LogP contribution in [0, 0.1) is 35.9 Å². The average molecular weight is 759 g/mol. The summed E-state index contributed by atoms with van der Waals surface area (Å²) < 4.78 is 21.7. The number of halogens is 3. The van der Waals surface area contributed by atoms with Crippen molar-refractivity contribution in [2.24, 2.45) is 11.8 Å². The Morgan fingerprint density at radius 2 is 1.89 bits per heavy atom. The highest BCUT2D eigenvalue weighted by Crippen LogP contribution is 2.52. The Hall–Kier alpha value is -4.75. The summed E-state index contributed by atoms with van der Waals surface area (Å²) in [6, 6.07) is 22.2. The van der Waals surface area contributed by atoms with Gasteiger partial charge in [0.05, 0.1) is 46.0 Å². The third kappa shape index (κ3) is 5.29. The van der Waals surface area contributed by atoms with Crippen molar-refractivity contribution in [3.63, 3.8) is 0 Å². The highest BCUT2D eigenvalue weighted by molar-refractivity contribution is 6.43. The van der Waals surface area contributed by atoms with Gasteiger partial charge in [-0.05, 0) is 74.3 Å². The van der Waals surface area contributed by atoms with Crippen molar-refractivity contribution in [2.75, 3.05) is 13.1 Å². The van der Waals surface area contributed by atoms with Crippen molar-refractivity contribution in [1.82, 2.24) is 29.5 Å². The van der Waals surface area contributed by atoms with E-state index in [1.54, 1.807) is 18.2 Å². The predicted octanol–water partition coefficient (Wildman–Crippen LogP) is 9.39. The van der Waals surface area contributed by atoms with Crippen LogP contribution >= 0.6 is 23.2 Å². The molecule has 5 atom stereocenters. The number of hydrogen-bond donors (Lipinski definition) is 1. The number of nitrogens with one attached hydrogen (secondary N) is 1. The van der Waals surface area contributed by atoms with Crippen LogP contribution in [0.5, 0.6) is 0 Å². The van der Waals surface area contributed by atoms with Crippen molar-refractivity contribution < 1.29 is 9.18 Å². The topological polar surface area (TPSA) is 91.8 Å². The van der Waals surface area contributed by atoms with Gasteiger partial charge in [-0.1, -0.05) is 65.7 Å². The fraction of sp³-hybridized carbons (Fsp3) is 0.349. The van der Waals surface area contributed by atoms with Crippen LogP contribution in [0.25, 0.3) is 44.1 Å². The van der Waals surface area contributed by atoms with Crippen LogP contribution in [-0.2, 0) is 11.2 Å². The number of carbonyl (C=O) groups excluding carboxylic acids is 1. The second-order valence-electron chi connectivity index (χ2n) is 15.5. The molecule has 5 unspecified atom stereocenters. The maximum atomic E-state index is 17.3. The normalized spacial score (nSPS) is 23.3. The number of aromatic nitrogens is 4. The van der Waals surface area contributed by atoms with Gasteiger partial charge in [-0.25, -0.2) is 9.37 Å². The van der Waals surface area contributed by atoms with Gasteiger partial charge in [-0.15, -0.1) is 0 Å². The lowest BCUT2D eigenvalue weighted by molar-refractivity contribution is -0.133. The monoisotopic (exact) mass is 757 g/mol. The number of aryl methyl sites for hydroxylation is 2. The molecule has 8 nitrogen and oxygen atoms in total. The minimum atomic E-state index is -0.474. The molecule has 0 radical (unpaired) electrons. The molecule has 11 rings (SSSR count). The number of rotatable bonds is 8. The fourth-order valence-electron chi connectivity index (χ4n) is 9.51. The van der Waals surface area contributed by atoms with Crippen molar-refractivity contribution in [3.8, 4) is 28.3 Å². The molecule has 54 heavy (non-hydrogen) atoms. The van der Waals surface area contributed by atoms with E-state index in [-0.39, 0.29) is 53.0 Å². The van der Waals surface area contributed by atoms with Gasteiger partial charge >= 0.3 is 0 Å². The molecule has 5 aliphatic rings. The van der Waals surface area contributed by atoms with E-state index in [1.165, 1.54) is 0 Å². The van der Waals surface area contributed by atoms with Crippen LogP contribution in [0.1, 0.15) is 67.2 Å². The van der Waals surface area contributed by atoms with E-state index >= 15 is 4.39 Å². The van der Waals surface area contributed by atoms with Crippen molar-refractivity contribution >= 4 is 50.9 Å². The molecule has 6 aromatic rings. The Labute approximate surface area is 322 Å². The van der Waals surface area contributed by atoms with Gasteiger partial charge in [0.1, 0.15) is 5.52 Å². The first kappa shape index (κ1) is 33.8. The highest BCUT2D eigenvalue weighted by Gasteiger charge is 2.51. The Bertz CT molecular complexity index is 2520. The van der Waals surface area contributed by atoms with Crippen LogP contribution in [0.4, 0.5) is 4.39 Å². The van der Waals surface area contributed by atoms with Gasteiger partial charge in [-0.2, -0.15) is 10.4 Å². The molecule has 2 aliphatic carbocycles. The molecule has 3 saturated heterocycles. The van der Waals surface area contributed by atoms with E-state index in [0.717, 1.165) is 59.2 Å². The van der Waals surface area contributed by atoms with Gasteiger partial charge in [0.25, 0.3) is 0 Å². The lowest BCUT2D eigenvalue weighted by Crippen LogP contribution is -2.41. The molecular weight excluding hydrogens is 720 g/mol. The third-order valence-corrected chi connectivity index (χ3v) is 13.2. The summed E-state index contributed by atoms with van der Waals surface area (Å²) in [4.78, 5) is 21.2. The molecule has 2 saturated carbocycles. The number of nitriles is 1. The Kier molecular flexibility index (Phi) is 8.10. The van der Waals surface area contributed by atoms with Crippen LogP contribution in [0.2, 0.25) is 10.0 Å². The molecule has 272 valence electrons. The van der Waals surface area contributed by atoms with E-state index < -0.39 is 5.82 Å². The maximum Gasteiger partial charge on any atom is 0.226 e. The number of carbonyl (C=O) groups is 1. The lowest BCUT2D eigenvalue weighted by atomic mass is 9.79. The van der Waals surface area contributed by atoms with E-state index in [9.17, 15) is 10.1 Å². The van der Waals surface area contributed by atoms with Crippen LogP contribution in [0.3, 0.4) is 0 Å². The SMILES string of the molecule is Cc1nc2c(F)c(-c3cccc(Cl)c3Cl)c(CCC#N)cc2c2c1cc(C1CC(n3cc(-c4ccccc4)cn3)CN1C(=O)C1CC1)n2C1C2CNC1C2. The van der Waals surface area contributed by atoms with E-state index in [2.05, 4.69) is 45.2 Å². The zero-order chi connectivity index (χ0) is 36.8. The maximum absolute atomic E-state index is 17.3. The number of pyridine rings is 1. The van der Waals surface area contributed by atoms with E-state index in [0.29, 0.717) is 52.4 Å². The van der Waals surface area contributed by atoms with Crippen LogP contribution in [0.15, 0.2) is 73.1 Å². The Morgan fingerprint density at radius 3 is 2.63 bits per heavy atom. The molecule has 3 aromatic heterocycles. The molecule has 5 fully saturated rings. The molecule has 11 heteroatoms. The van der Waals surface area contributed by atoms with Gasteiger partial charge < -0.3 is 14.8 Å². The molecule has 3 aromatic carbocycles. The van der Waals surface area contributed by atoms with Gasteiger partial charge in [0, 0.05) is 76.5 Å². The molecule has 6 heterocycles. The molecule has 0 spiro atoms. The predicted molar refractivity (Wildman–Crippen MR) is 209 cm³/mol. The van der Waals surface area contributed by atoms with Gasteiger partial charge in [0.15, 0.2) is 5.82 Å². The summed E-state index contributed by atoms with van der Waals surface area (Å²) in [6.45, 7) is 3.43. The molecular formula is C43H38Cl2FN7O. The second-order valence-corrected chi connectivity index (χ2v) is 16.3. The number of amides is 1. The fourth-order valence-corrected chi connectivity index (χ4v) is 9.91. The third-order valence-electron chi connectivity index (χ3n) is 12.3. The summed E-state index contributed by atoms with van der Waals surface area (Å²) in [5, 5.41) is 20.5. The Morgan fingerprint density at radius 1 is 1.06 bits per heavy atom. The zero-order valence-electron chi connectivity index (χ0n) is 29.8. The first-order valence-corrected chi connectivity index (χ1v) is 19.7. The molecule has 3 aliphatic heterocycles. The molecule has 2 bridgehead atoms. The highest BCUT2D eigenvalue weighted by atomic mass is 35.5. The van der Waals surface area contributed by atoms with Crippen molar-refractivity contribution in [2.45, 2.75) is 69.6 Å². The van der Waals surface area contributed by atoms with Gasteiger partial charge in [0.2, 0.25) is 5.91 Å². The first-order chi connectivity index (χ1) is 26.3. The summed E-state index contributed by atoms with van der Waals surface area (Å²) in [5.41, 5.74) is 6.63. The standard InChI is InChI=1S/C43H38Cl2FN7O/c1-23-31-18-36(35-17-29(22-51(35)43(54)25-12-13-25)52-21-28(20-49-52)24-7-3-2-4-8-24)53(41-27-16-34(41)48-19-27)42(31)32-15-26(9-6-14-47)37(39(46)40(32)50-23)30-10-5-11-33(44)38(30)45/h2-5,7-8,10-11,15,18,20-21,25,27,29,34-35,41,48H,6,9,12-13,16-17,19,22H2,1H3. The van der Waals surface area contributed by atoms with Crippen molar-refractivity contribution in [3.05, 3.63) is 106 Å². The Balaban J connectivity index is 1.17. The number of hydrogen-bond acceptors (Lipinski definition) is 5. The number of likely N-dealkylation sites (tertiary alicyclic amines) is 1. The van der Waals surface area contributed by atoms with Gasteiger partial charge in [-0.3, -0.25) is 9.48 Å². The number of nitrogens with zero attached hydrogens (tertiary/aromatic N) is 6. The summed E-state index contributed by atoms with van der Waals surface area (Å²) in [5.74, 6) is 0.209. The minimum absolute atomic E-state index is 0.00569. The van der Waals surface area contributed by atoms with E-state index in [1.807, 2.05) is 42.1 Å². The van der Waals surface area contributed by atoms with Crippen molar-refractivity contribution in [1.29, 1.82) is 5.26 Å². The average Bonchev–Trinajstić information content (AvgIpc) is 3.67. The van der Waals surface area contributed by atoms with E-state index in [4.69, 9.17) is 33.3 Å². The smallest absolute Gasteiger partial charge is 0.226 e. The largest absolute Gasteiger partial charge is 0.337 e. The zero-order valence-corrected chi connectivity index (χ0v) is 31.3. The quantitative estimate of drug-likeness (QED) is 0.167. The summed E-state index contributed by atoms with van der Waals surface area (Å²) in [7, 11) is 0. The first-order valence-electron chi connectivity index (χ1n) is 18.9. The van der Waals surface area contributed by atoms with Crippen LogP contribution in [-0.4, -0.2) is 49.3 Å². The number of benzene rings is 3.